The van der Waals surface area contributed by atoms with E-state index in [9.17, 15) is 9.36 Å². The molecule has 0 saturated heterocycles. The molecule has 0 spiro atoms. The molecule has 0 rings (SSSR count). The summed E-state index contributed by atoms with van der Waals surface area (Å²) in [7, 11) is -2.54. The van der Waals surface area contributed by atoms with Crippen LogP contribution in [0.15, 0.2) is 12.2 Å². The molecule has 0 saturated carbocycles. The summed E-state index contributed by atoms with van der Waals surface area (Å²) in [6.45, 7) is 5.01. The number of ether oxygens (including phenoxy) is 1. The molecule has 0 aromatic rings. The maximum Gasteiger partial charge on any atom is 0.333 e. The smallest absolute Gasteiger partial charge is 0.333 e. The Labute approximate surface area is 76.9 Å². The van der Waals surface area contributed by atoms with Gasteiger partial charge in [0, 0.05) is 5.57 Å². The van der Waals surface area contributed by atoms with Crippen molar-refractivity contribution in [2.24, 2.45) is 0 Å². The molecule has 0 amide bonds. The maximum absolute atomic E-state index is 11.1. The lowest BCUT2D eigenvalue weighted by molar-refractivity contribution is -0.136. The van der Waals surface area contributed by atoms with Crippen LogP contribution in [0.5, 0.6) is 0 Å². The second-order valence-electron chi connectivity index (χ2n) is 2.31. The van der Waals surface area contributed by atoms with E-state index in [1.807, 2.05) is 0 Å². The monoisotopic (exact) mass is 208 g/mol. The van der Waals surface area contributed by atoms with Gasteiger partial charge in [-0.05, 0) is 6.92 Å². The molecular formula is C7H13O5P. The van der Waals surface area contributed by atoms with E-state index in [1.54, 1.807) is 6.92 Å². The van der Waals surface area contributed by atoms with Crippen LogP contribution >= 0.6 is 7.60 Å². The minimum absolute atomic E-state index is 0.0678. The molecule has 1 atom stereocenters. The summed E-state index contributed by atoms with van der Waals surface area (Å²) < 4.78 is 20.0. The first-order valence-corrected chi connectivity index (χ1v) is 5.41. The zero-order valence-electron chi connectivity index (χ0n) is 7.65. The average Bonchev–Trinajstić information content (AvgIpc) is 2.01. The number of carbonyl (C=O) groups excluding carboxylic acids is 1. The molecular weight excluding hydrogens is 195 g/mol. The first-order valence-electron chi connectivity index (χ1n) is 3.65. The Morgan fingerprint density at radius 2 is 2.15 bits per heavy atom. The quantitative estimate of drug-likeness (QED) is 0.413. The summed E-state index contributed by atoms with van der Waals surface area (Å²) in [5, 5.41) is 0. The fraction of sp³-hybridized carbons (Fsp3) is 0.571. The standard InChI is InChI=1S/C7H13O5P/c1-4-12-13(9,10)5-6(2)7(8)11-3/h2,4-5H2,1,3H3,(H,9,10). The van der Waals surface area contributed by atoms with E-state index in [-0.39, 0.29) is 12.2 Å². The van der Waals surface area contributed by atoms with Gasteiger partial charge in [-0.25, -0.2) is 4.79 Å². The van der Waals surface area contributed by atoms with Crippen LogP contribution in [0.25, 0.3) is 0 Å². The number of rotatable bonds is 5. The van der Waals surface area contributed by atoms with Crippen molar-refractivity contribution < 1.29 is 23.5 Å². The summed E-state index contributed by atoms with van der Waals surface area (Å²) in [6.07, 6.45) is -0.395. The second-order valence-corrected chi connectivity index (χ2v) is 4.16. The predicted molar refractivity (Wildman–Crippen MR) is 47.5 cm³/mol. The number of methoxy groups -OCH3 is 1. The van der Waals surface area contributed by atoms with Gasteiger partial charge in [-0.15, -0.1) is 0 Å². The molecule has 76 valence electrons. The summed E-state index contributed by atoms with van der Waals surface area (Å²) in [4.78, 5) is 19.9. The topological polar surface area (TPSA) is 72.8 Å². The minimum atomic E-state index is -3.72. The lowest BCUT2D eigenvalue weighted by Crippen LogP contribution is -2.08. The predicted octanol–water partition coefficient (Wildman–Crippen LogP) is 0.938. The summed E-state index contributed by atoms with van der Waals surface area (Å²) in [6, 6.07) is 0. The molecule has 6 heteroatoms. The second kappa shape index (κ2) is 5.17. The van der Waals surface area contributed by atoms with Crippen LogP contribution in [0.3, 0.4) is 0 Å². The average molecular weight is 208 g/mol. The van der Waals surface area contributed by atoms with Crippen molar-refractivity contribution in [3.05, 3.63) is 12.2 Å². The van der Waals surface area contributed by atoms with Crippen LogP contribution in [0.2, 0.25) is 0 Å². The Kier molecular flexibility index (Phi) is 4.91. The lowest BCUT2D eigenvalue weighted by Gasteiger charge is -2.10. The Hall–Kier alpha value is -0.640. The van der Waals surface area contributed by atoms with Crippen LogP contribution < -0.4 is 0 Å². The third-order valence-corrected chi connectivity index (χ3v) is 2.64. The largest absolute Gasteiger partial charge is 0.466 e. The number of hydrogen-bond donors (Lipinski definition) is 1. The van der Waals surface area contributed by atoms with Crippen molar-refractivity contribution in [1.29, 1.82) is 0 Å². The number of hydrogen-bond acceptors (Lipinski definition) is 4. The maximum atomic E-state index is 11.1. The van der Waals surface area contributed by atoms with E-state index >= 15 is 0 Å². The molecule has 1 N–H and O–H groups in total. The SMILES string of the molecule is C=C(CP(=O)(O)OCC)C(=O)OC. The van der Waals surface area contributed by atoms with E-state index in [2.05, 4.69) is 15.8 Å². The number of esters is 1. The molecule has 5 nitrogen and oxygen atoms in total. The Morgan fingerprint density at radius 1 is 1.62 bits per heavy atom. The van der Waals surface area contributed by atoms with E-state index in [0.29, 0.717) is 0 Å². The normalized spacial score (nSPS) is 14.7. The van der Waals surface area contributed by atoms with Crippen LogP contribution in [0.1, 0.15) is 6.92 Å². The van der Waals surface area contributed by atoms with Crippen LogP contribution in [-0.2, 0) is 18.6 Å². The number of carbonyl (C=O) groups is 1. The third-order valence-electron chi connectivity index (χ3n) is 1.20. The van der Waals surface area contributed by atoms with Crippen molar-refractivity contribution in [3.63, 3.8) is 0 Å². The third kappa shape index (κ3) is 4.83. The van der Waals surface area contributed by atoms with Crippen LogP contribution in [-0.4, -0.2) is 30.7 Å². The van der Waals surface area contributed by atoms with Crippen LogP contribution in [0.4, 0.5) is 0 Å². The Bertz CT molecular complexity index is 247. The van der Waals surface area contributed by atoms with Crippen LogP contribution in [0, 0.1) is 0 Å². The zero-order chi connectivity index (χ0) is 10.5. The van der Waals surface area contributed by atoms with Gasteiger partial charge in [-0.1, -0.05) is 6.58 Å². The highest BCUT2D eigenvalue weighted by atomic mass is 31.2. The first kappa shape index (κ1) is 12.4. The molecule has 0 radical (unpaired) electrons. The molecule has 0 aromatic heterocycles. The van der Waals surface area contributed by atoms with Gasteiger partial charge in [-0.2, -0.15) is 0 Å². The van der Waals surface area contributed by atoms with E-state index < -0.39 is 19.7 Å². The highest BCUT2D eigenvalue weighted by Crippen LogP contribution is 2.43. The van der Waals surface area contributed by atoms with Gasteiger partial charge in [-0.3, -0.25) is 4.57 Å². The van der Waals surface area contributed by atoms with E-state index in [1.165, 1.54) is 7.11 Å². The van der Waals surface area contributed by atoms with Crippen molar-refractivity contribution in [3.8, 4) is 0 Å². The van der Waals surface area contributed by atoms with Gasteiger partial charge in [0.1, 0.15) is 0 Å². The molecule has 0 bridgehead atoms. The Balaban J connectivity index is 4.20. The molecule has 0 aliphatic heterocycles. The lowest BCUT2D eigenvalue weighted by atomic mass is 10.4. The van der Waals surface area contributed by atoms with Crippen molar-refractivity contribution in [2.75, 3.05) is 19.9 Å². The summed E-state index contributed by atoms with van der Waals surface area (Å²) in [5.41, 5.74) is -0.0678. The molecule has 13 heavy (non-hydrogen) atoms. The highest BCUT2D eigenvalue weighted by molar-refractivity contribution is 7.53. The van der Waals surface area contributed by atoms with E-state index in [0.717, 1.165) is 0 Å². The molecule has 1 unspecified atom stereocenters. The fourth-order valence-electron chi connectivity index (χ4n) is 0.697. The minimum Gasteiger partial charge on any atom is -0.466 e. The van der Waals surface area contributed by atoms with Gasteiger partial charge < -0.3 is 14.2 Å². The van der Waals surface area contributed by atoms with Gasteiger partial charge in [0.05, 0.1) is 19.9 Å². The zero-order valence-corrected chi connectivity index (χ0v) is 8.54. The van der Waals surface area contributed by atoms with Gasteiger partial charge >= 0.3 is 13.6 Å². The van der Waals surface area contributed by atoms with Crippen molar-refractivity contribution >= 4 is 13.6 Å². The van der Waals surface area contributed by atoms with Gasteiger partial charge in [0.25, 0.3) is 0 Å². The molecule has 0 heterocycles. The summed E-state index contributed by atoms with van der Waals surface area (Å²) >= 11 is 0. The molecule has 0 aliphatic carbocycles. The molecule has 0 aromatic carbocycles. The van der Waals surface area contributed by atoms with Gasteiger partial charge in [0.2, 0.25) is 0 Å². The molecule has 0 fully saturated rings. The first-order chi connectivity index (χ1) is 5.93. The van der Waals surface area contributed by atoms with Gasteiger partial charge in [0.15, 0.2) is 0 Å². The van der Waals surface area contributed by atoms with Crippen molar-refractivity contribution in [2.45, 2.75) is 6.92 Å². The highest BCUT2D eigenvalue weighted by Gasteiger charge is 2.23. The fourth-order valence-corrected chi connectivity index (χ4v) is 1.80. The Morgan fingerprint density at radius 3 is 2.54 bits per heavy atom. The van der Waals surface area contributed by atoms with E-state index in [4.69, 9.17) is 4.89 Å². The van der Waals surface area contributed by atoms with Crippen molar-refractivity contribution in [1.82, 2.24) is 0 Å². The summed E-state index contributed by atoms with van der Waals surface area (Å²) in [5.74, 6) is -0.700. The molecule has 0 aliphatic rings.